The first-order valence-corrected chi connectivity index (χ1v) is 5.20. The molecular weight excluding hydrogens is 219 g/mol. The van der Waals surface area contributed by atoms with Crippen LogP contribution in [0.1, 0.15) is 39.5 Å². The van der Waals surface area contributed by atoms with Crippen LogP contribution in [0.4, 0.5) is 0 Å². The van der Waals surface area contributed by atoms with Crippen LogP contribution in [-0.2, 0) is 0 Å². The van der Waals surface area contributed by atoms with Gasteiger partial charge in [-0.2, -0.15) is 0 Å². The van der Waals surface area contributed by atoms with Gasteiger partial charge < -0.3 is 11.5 Å². The molecule has 2 rings (SSSR count). The molecule has 2 fully saturated rings. The molecule has 0 bridgehead atoms. The van der Waals surface area contributed by atoms with Crippen molar-refractivity contribution in [3.63, 3.8) is 0 Å². The summed E-state index contributed by atoms with van der Waals surface area (Å²) in [7, 11) is 0. The van der Waals surface area contributed by atoms with Crippen LogP contribution in [0, 0.1) is 11.8 Å². The summed E-state index contributed by atoms with van der Waals surface area (Å²) in [4.78, 5) is 0. The Morgan fingerprint density at radius 1 is 0.857 bits per heavy atom. The minimum atomic E-state index is 0. The van der Waals surface area contributed by atoms with Gasteiger partial charge in [0.05, 0.1) is 0 Å². The highest BCUT2D eigenvalue weighted by atomic mass is 35.5. The first-order valence-electron chi connectivity index (χ1n) is 5.20. The fourth-order valence-corrected chi connectivity index (χ4v) is 1.48. The molecule has 4 N–H and O–H groups in total. The highest BCUT2D eigenvalue weighted by Crippen LogP contribution is 2.30. The average Bonchev–Trinajstić information content (AvgIpc) is 2.92. The van der Waals surface area contributed by atoms with Crippen molar-refractivity contribution >= 4 is 24.8 Å². The standard InChI is InChI=1S/2C5H11N.2ClH/c2*1-2-4-3-5(4)6;;/h2*4-5H,2-3,6H2,1H3;2*1H/t2*4-,5-;;/m10../s1. The molecule has 0 radical (unpaired) electrons. The number of nitrogens with two attached hydrogens (primary N) is 2. The van der Waals surface area contributed by atoms with Gasteiger partial charge in [0.25, 0.3) is 0 Å². The summed E-state index contributed by atoms with van der Waals surface area (Å²) in [6.07, 6.45) is 5.11. The van der Waals surface area contributed by atoms with Gasteiger partial charge in [0.1, 0.15) is 0 Å². The van der Waals surface area contributed by atoms with E-state index >= 15 is 0 Å². The third-order valence-corrected chi connectivity index (χ3v) is 3.00. The Hall–Kier alpha value is 0.500. The summed E-state index contributed by atoms with van der Waals surface area (Å²) in [5.41, 5.74) is 11.0. The van der Waals surface area contributed by atoms with Gasteiger partial charge in [-0.25, -0.2) is 0 Å². The van der Waals surface area contributed by atoms with Crippen molar-refractivity contribution in [2.24, 2.45) is 23.3 Å². The molecule has 4 heteroatoms. The van der Waals surface area contributed by atoms with Crippen molar-refractivity contribution in [3.05, 3.63) is 0 Å². The summed E-state index contributed by atoms with van der Waals surface area (Å²) in [5.74, 6) is 1.76. The van der Waals surface area contributed by atoms with Crippen molar-refractivity contribution in [2.45, 2.75) is 51.6 Å². The number of rotatable bonds is 2. The minimum absolute atomic E-state index is 0. The van der Waals surface area contributed by atoms with Crippen molar-refractivity contribution in [2.75, 3.05) is 0 Å². The molecule has 0 aliphatic heterocycles. The van der Waals surface area contributed by atoms with E-state index in [4.69, 9.17) is 11.5 Å². The third-order valence-electron chi connectivity index (χ3n) is 3.00. The number of hydrogen-bond donors (Lipinski definition) is 2. The van der Waals surface area contributed by atoms with E-state index in [2.05, 4.69) is 13.8 Å². The topological polar surface area (TPSA) is 52.0 Å². The lowest BCUT2D eigenvalue weighted by Gasteiger charge is -1.79. The first kappa shape index (κ1) is 16.9. The van der Waals surface area contributed by atoms with Crippen LogP contribution in [0.3, 0.4) is 0 Å². The van der Waals surface area contributed by atoms with Crippen molar-refractivity contribution < 1.29 is 0 Å². The maximum absolute atomic E-state index is 5.48. The zero-order valence-corrected chi connectivity index (χ0v) is 10.7. The van der Waals surface area contributed by atoms with E-state index in [0.29, 0.717) is 12.1 Å². The molecule has 2 nitrogen and oxygen atoms in total. The summed E-state index contributed by atoms with van der Waals surface area (Å²) < 4.78 is 0. The fraction of sp³-hybridized carbons (Fsp3) is 1.00. The van der Waals surface area contributed by atoms with Crippen LogP contribution in [0.2, 0.25) is 0 Å². The van der Waals surface area contributed by atoms with Crippen molar-refractivity contribution in [1.29, 1.82) is 0 Å². The summed E-state index contributed by atoms with van der Waals surface area (Å²) >= 11 is 0. The van der Waals surface area contributed by atoms with E-state index in [1.807, 2.05) is 0 Å². The molecule has 0 aromatic rings. The van der Waals surface area contributed by atoms with Gasteiger partial charge in [0, 0.05) is 12.1 Å². The maximum atomic E-state index is 5.48. The number of halogens is 2. The smallest absolute Gasteiger partial charge is 0.00708 e. The molecule has 0 amide bonds. The second-order valence-corrected chi connectivity index (χ2v) is 4.14. The maximum Gasteiger partial charge on any atom is 0.00708 e. The quantitative estimate of drug-likeness (QED) is 0.782. The molecule has 0 saturated heterocycles. The Balaban J connectivity index is 0. The van der Waals surface area contributed by atoms with E-state index in [-0.39, 0.29) is 24.8 Å². The largest absolute Gasteiger partial charge is 0.327 e. The molecule has 0 heterocycles. The Morgan fingerprint density at radius 3 is 1.07 bits per heavy atom. The van der Waals surface area contributed by atoms with Gasteiger partial charge >= 0.3 is 0 Å². The van der Waals surface area contributed by atoms with Crippen LogP contribution >= 0.6 is 24.8 Å². The fourth-order valence-electron chi connectivity index (χ4n) is 1.48. The summed E-state index contributed by atoms with van der Waals surface area (Å²) in [6, 6.07) is 1.13. The monoisotopic (exact) mass is 242 g/mol. The zero-order valence-electron chi connectivity index (χ0n) is 9.11. The van der Waals surface area contributed by atoms with E-state index in [1.54, 1.807) is 0 Å². The molecule has 88 valence electrons. The van der Waals surface area contributed by atoms with Crippen LogP contribution in [0.15, 0.2) is 0 Å². The molecule has 2 aliphatic rings. The van der Waals surface area contributed by atoms with Crippen molar-refractivity contribution in [1.82, 2.24) is 0 Å². The Bertz CT molecular complexity index is 124. The van der Waals surface area contributed by atoms with E-state index in [9.17, 15) is 0 Å². The lowest BCUT2D eigenvalue weighted by molar-refractivity contribution is 0.759. The molecule has 0 aromatic carbocycles. The molecule has 2 aliphatic carbocycles. The highest BCUT2D eigenvalue weighted by molar-refractivity contribution is 5.85. The Labute approximate surface area is 100 Å². The van der Waals surface area contributed by atoms with Crippen LogP contribution < -0.4 is 11.5 Å². The van der Waals surface area contributed by atoms with Gasteiger partial charge in [-0.1, -0.05) is 26.7 Å². The van der Waals surface area contributed by atoms with Crippen LogP contribution in [-0.4, -0.2) is 12.1 Å². The van der Waals surface area contributed by atoms with Gasteiger partial charge in [0.2, 0.25) is 0 Å². The van der Waals surface area contributed by atoms with Gasteiger partial charge in [-0.15, -0.1) is 24.8 Å². The first-order chi connectivity index (χ1) is 5.69. The van der Waals surface area contributed by atoms with Crippen LogP contribution in [0.25, 0.3) is 0 Å². The summed E-state index contributed by atoms with van der Waals surface area (Å²) in [5, 5.41) is 0. The Morgan fingerprint density at radius 2 is 1.07 bits per heavy atom. The highest BCUT2D eigenvalue weighted by Gasteiger charge is 2.31. The SMILES string of the molecule is CC[C@@H]1C[C@H]1N.CC[C@H]1C[C@@H]1N.Cl.Cl. The predicted molar refractivity (Wildman–Crippen MR) is 67.2 cm³/mol. The molecule has 14 heavy (non-hydrogen) atoms. The van der Waals surface area contributed by atoms with Crippen LogP contribution in [0.5, 0.6) is 0 Å². The van der Waals surface area contributed by atoms with Gasteiger partial charge in [0.15, 0.2) is 0 Å². The second-order valence-electron chi connectivity index (χ2n) is 4.14. The van der Waals surface area contributed by atoms with E-state index in [0.717, 1.165) is 11.8 Å². The average molecular weight is 243 g/mol. The van der Waals surface area contributed by atoms with Crippen molar-refractivity contribution in [3.8, 4) is 0 Å². The Kier molecular flexibility index (Phi) is 9.36. The predicted octanol–water partition coefficient (Wildman–Crippen LogP) is 2.33. The molecule has 0 aromatic heterocycles. The molecular formula is C10H24Cl2N2. The minimum Gasteiger partial charge on any atom is -0.327 e. The number of hydrogen-bond acceptors (Lipinski definition) is 2. The molecule has 0 unspecified atom stereocenters. The lowest BCUT2D eigenvalue weighted by Crippen LogP contribution is -2.00. The molecule has 2 saturated carbocycles. The van der Waals surface area contributed by atoms with E-state index < -0.39 is 0 Å². The molecule has 0 spiro atoms. The third kappa shape index (κ3) is 6.07. The molecule has 4 atom stereocenters. The second kappa shape index (κ2) is 7.75. The lowest BCUT2D eigenvalue weighted by atomic mass is 10.3. The van der Waals surface area contributed by atoms with E-state index in [1.165, 1.54) is 25.7 Å². The summed E-state index contributed by atoms with van der Waals surface area (Å²) in [6.45, 7) is 4.38. The van der Waals surface area contributed by atoms with Gasteiger partial charge in [-0.05, 0) is 24.7 Å². The van der Waals surface area contributed by atoms with Gasteiger partial charge in [-0.3, -0.25) is 0 Å². The zero-order chi connectivity index (χ0) is 9.14. The normalized spacial score (nSPS) is 36.9.